The molecule has 0 amide bonds. The van der Waals surface area contributed by atoms with E-state index in [1.54, 1.807) is 0 Å². The molecular weight excluding hydrogens is 559 g/mol. The van der Waals surface area contributed by atoms with Gasteiger partial charge in [0.15, 0.2) is 11.5 Å². The fourth-order valence-electron chi connectivity index (χ4n) is 5.15. The monoisotopic (exact) mass is 589 g/mol. The molecule has 4 atom stereocenters. The first-order chi connectivity index (χ1) is 19.7. The predicted octanol–water partition coefficient (Wildman–Crippen LogP) is 5.79. The van der Waals surface area contributed by atoms with Crippen LogP contribution in [0.3, 0.4) is 0 Å². The molecule has 2 heterocycles. The molecule has 3 aromatic carbocycles. The lowest BCUT2D eigenvalue weighted by atomic mass is 9.98. The van der Waals surface area contributed by atoms with E-state index >= 15 is 0 Å². The van der Waals surface area contributed by atoms with E-state index < -0.39 is 40.2 Å². The summed E-state index contributed by atoms with van der Waals surface area (Å²) in [5, 5.41) is 11.8. The number of halogens is 3. The van der Waals surface area contributed by atoms with Gasteiger partial charge >= 0.3 is 6.36 Å². The van der Waals surface area contributed by atoms with E-state index in [1.165, 1.54) is 12.1 Å². The minimum Gasteiger partial charge on any atom is -0.453 e. The zero-order chi connectivity index (χ0) is 28.6. The summed E-state index contributed by atoms with van der Waals surface area (Å²) in [7, 11) is -3.35. The summed E-state index contributed by atoms with van der Waals surface area (Å²) < 4.78 is 76.0. The molecule has 12 heteroatoms. The molecule has 8 nitrogen and oxygen atoms in total. The van der Waals surface area contributed by atoms with Crippen LogP contribution in [0.4, 0.5) is 24.5 Å². The van der Waals surface area contributed by atoms with Gasteiger partial charge in [0.1, 0.15) is 15.7 Å². The van der Waals surface area contributed by atoms with Crippen LogP contribution in [0.25, 0.3) is 0 Å². The second kappa shape index (κ2) is 11.2. The van der Waals surface area contributed by atoms with Gasteiger partial charge in [-0.05, 0) is 73.7 Å². The molecule has 2 N–H and O–H groups in total. The van der Waals surface area contributed by atoms with E-state index in [0.29, 0.717) is 37.0 Å². The van der Waals surface area contributed by atoms with Crippen molar-refractivity contribution in [2.75, 3.05) is 24.7 Å². The van der Waals surface area contributed by atoms with Crippen LogP contribution in [0.15, 0.2) is 82.1 Å². The minimum absolute atomic E-state index is 0.0660. The third-order valence-electron chi connectivity index (χ3n) is 7.36. The number of nitrogens with zero attached hydrogens (tertiary/aromatic N) is 2. The molecular formula is C29H30F3N3O5S. The topological polar surface area (TPSA) is 92.6 Å². The Balaban J connectivity index is 1.32. The van der Waals surface area contributed by atoms with Gasteiger partial charge in [0, 0.05) is 6.61 Å². The number of anilines is 2. The summed E-state index contributed by atoms with van der Waals surface area (Å²) in [5.74, 6) is 1.19. The number of aliphatic hydroxyl groups excluding tert-OH is 1. The fraction of sp³-hybridized carbons (Fsp3) is 0.379. The summed E-state index contributed by atoms with van der Waals surface area (Å²) in [6.07, 6.45) is -3.46. The first-order valence-corrected chi connectivity index (χ1v) is 15.0. The minimum atomic E-state index is -4.84. The van der Waals surface area contributed by atoms with Gasteiger partial charge in [0.25, 0.3) is 0 Å². The number of benzene rings is 3. The van der Waals surface area contributed by atoms with E-state index in [9.17, 15) is 22.5 Å². The van der Waals surface area contributed by atoms with Crippen molar-refractivity contribution in [1.29, 1.82) is 0 Å². The Morgan fingerprint density at radius 2 is 1.61 bits per heavy atom. The van der Waals surface area contributed by atoms with Crippen molar-refractivity contribution >= 4 is 21.3 Å². The van der Waals surface area contributed by atoms with Gasteiger partial charge in [-0.3, -0.25) is 0 Å². The highest BCUT2D eigenvalue weighted by Crippen LogP contribution is 2.48. The summed E-state index contributed by atoms with van der Waals surface area (Å²) in [6.45, 7) is 0.756. The quantitative estimate of drug-likeness (QED) is 0.363. The Hall–Kier alpha value is -3.32. The number of hydrogen-bond acceptors (Lipinski definition) is 7. The standard InChI is InChI=1S/C29H30F3N3O5S/c30-29(31,32)40-20-11-13-21(14-12-20)41(37,33-17-19-9-10-19)34-22-18-38-16-15-25(28(22)36)35-23-5-1-3-7-26(23)39-27-8-4-2-6-24(27)35/h1-8,11-14,19,22,25,28,36H,9-10,15-18H2,(H,33,34,37)/t22-,25-,28+,41?/m1/s1. The van der Waals surface area contributed by atoms with E-state index in [0.717, 1.165) is 36.3 Å². The average molecular weight is 590 g/mol. The van der Waals surface area contributed by atoms with Crippen LogP contribution in [-0.4, -0.2) is 53.6 Å². The van der Waals surface area contributed by atoms with Gasteiger partial charge in [-0.15, -0.1) is 13.2 Å². The maximum Gasteiger partial charge on any atom is 0.573 e. The van der Waals surface area contributed by atoms with E-state index in [2.05, 4.69) is 13.8 Å². The Morgan fingerprint density at radius 3 is 2.22 bits per heavy atom. The molecule has 0 radical (unpaired) electrons. The van der Waals surface area contributed by atoms with E-state index in [-0.39, 0.29) is 11.5 Å². The number of nitrogens with one attached hydrogen (secondary N) is 1. The SMILES string of the molecule is O=S(=NCC1CC1)(N[C@@H]1COCC[C@@H](N2c3ccccc3Oc3ccccc32)[C@H]1O)c1ccc(OC(F)(F)F)cc1. The fourth-order valence-corrected chi connectivity index (χ4v) is 7.05. The third kappa shape index (κ3) is 6.15. The number of hydrogen-bond donors (Lipinski definition) is 2. The molecule has 1 unspecified atom stereocenters. The Kier molecular flexibility index (Phi) is 7.58. The predicted molar refractivity (Wildman–Crippen MR) is 147 cm³/mol. The molecule has 1 saturated heterocycles. The lowest BCUT2D eigenvalue weighted by Crippen LogP contribution is -2.54. The van der Waals surface area contributed by atoms with Crippen molar-refractivity contribution in [3.63, 3.8) is 0 Å². The van der Waals surface area contributed by atoms with Crippen molar-refractivity contribution in [3.8, 4) is 17.2 Å². The van der Waals surface area contributed by atoms with E-state index in [4.69, 9.17) is 9.47 Å². The van der Waals surface area contributed by atoms with Crippen LogP contribution in [-0.2, 0) is 14.7 Å². The third-order valence-corrected chi connectivity index (χ3v) is 9.41. The Bertz CT molecular complexity index is 1460. The summed E-state index contributed by atoms with van der Waals surface area (Å²) >= 11 is 0. The molecule has 1 aliphatic carbocycles. The van der Waals surface area contributed by atoms with Gasteiger partial charge < -0.3 is 24.2 Å². The number of aliphatic hydroxyl groups is 1. The Labute approximate surface area is 236 Å². The molecule has 1 saturated carbocycles. The average Bonchev–Trinajstić information content (AvgIpc) is 3.80. The first kappa shape index (κ1) is 27.8. The van der Waals surface area contributed by atoms with Crippen molar-refractivity contribution in [2.24, 2.45) is 10.3 Å². The Morgan fingerprint density at radius 1 is 0.976 bits per heavy atom. The van der Waals surface area contributed by atoms with Gasteiger partial charge in [0.05, 0.1) is 47.6 Å². The highest BCUT2D eigenvalue weighted by molar-refractivity contribution is 7.91. The van der Waals surface area contributed by atoms with Gasteiger partial charge in [-0.1, -0.05) is 24.3 Å². The van der Waals surface area contributed by atoms with Crippen LogP contribution in [0, 0.1) is 5.92 Å². The summed E-state index contributed by atoms with van der Waals surface area (Å²) in [4.78, 5) is 2.23. The van der Waals surface area contributed by atoms with Crippen molar-refractivity contribution in [2.45, 2.75) is 48.7 Å². The van der Waals surface area contributed by atoms with Crippen molar-refractivity contribution in [1.82, 2.24) is 4.72 Å². The maximum atomic E-state index is 14.4. The number of ether oxygens (including phenoxy) is 3. The number of alkyl halides is 3. The van der Waals surface area contributed by atoms with E-state index in [1.807, 2.05) is 53.4 Å². The largest absolute Gasteiger partial charge is 0.573 e. The summed E-state index contributed by atoms with van der Waals surface area (Å²) in [6, 6.07) is 18.7. The molecule has 3 aromatic rings. The summed E-state index contributed by atoms with van der Waals surface area (Å²) in [5.41, 5.74) is 1.57. The lowest BCUT2D eigenvalue weighted by Gasteiger charge is -2.41. The van der Waals surface area contributed by atoms with Crippen molar-refractivity contribution in [3.05, 3.63) is 72.8 Å². The maximum absolute atomic E-state index is 14.4. The van der Waals surface area contributed by atoms with Crippen molar-refractivity contribution < 1.29 is 36.7 Å². The van der Waals surface area contributed by atoms with Gasteiger partial charge in [-0.2, -0.15) is 0 Å². The van der Waals surface area contributed by atoms with Crippen LogP contribution in [0.1, 0.15) is 19.3 Å². The smallest absolute Gasteiger partial charge is 0.453 e. The second-order valence-corrected chi connectivity index (χ2v) is 12.4. The zero-order valence-corrected chi connectivity index (χ0v) is 22.8. The van der Waals surface area contributed by atoms with Crippen LogP contribution in [0.2, 0.25) is 0 Å². The number of fused-ring (bicyclic) bond motifs is 2. The van der Waals surface area contributed by atoms with Gasteiger partial charge in [-0.25, -0.2) is 13.3 Å². The number of para-hydroxylation sites is 4. The number of rotatable bonds is 7. The van der Waals surface area contributed by atoms with Crippen LogP contribution >= 0.6 is 0 Å². The van der Waals surface area contributed by atoms with Crippen LogP contribution in [0.5, 0.6) is 17.2 Å². The highest BCUT2D eigenvalue weighted by Gasteiger charge is 2.40. The molecule has 3 aliphatic rings. The molecule has 41 heavy (non-hydrogen) atoms. The molecule has 2 aliphatic heterocycles. The molecule has 0 spiro atoms. The highest BCUT2D eigenvalue weighted by atomic mass is 32.2. The molecule has 218 valence electrons. The molecule has 0 bridgehead atoms. The molecule has 0 aromatic heterocycles. The second-order valence-electron chi connectivity index (χ2n) is 10.4. The van der Waals surface area contributed by atoms with Crippen LogP contribution < -0.4 is 19.1 Å². The molecule has 6 rings (SSSR count). The first-order valence-electron chi connectivity index (χ1n) is 13.5. The zero-order valence-electron chi connectivity index (χ0n) is 22.0. The molecule has 2 fully saturated rings. The normalized spacial score (nSPS) is 23.8. The lowest BCUT2D eigenvalue weighted by molar-refractivity contribution is -0.274. The van der Waals surface area contributed by atoms with Gasteiger partial charge in [0.2, 0.25) is 0 Å².